The van der Waals surface area contributed by atoms with Crippen LogP contribution < -0.4 is 0 Å². The summed E-state index contributed by atoms with van der Waals surface area (Å²) in [5.41, 5.74) is 16.3. The first-order chi connectivity index (χ1) is 27.3. The van der Waals surface area contributed by atoms with E-state index in [0.29, 0.717) is 0 Å². The number of aromatic nitrogens is 2. The quantitative estimate of drug-likeness (QED) is 0.167. The second kappa shape index (κ2) is 11.4. The standard InChI is InChI=1S/C53H36N2/c1-2-31-55-48-22-12-11-21-47(48)54-52(55)34-25-23-33(24-26-34)35-27-29-37-36(32-35)28-30-44-49-42-17-5-3-13-38(42)39-14-4-6-18-43(39)51(49)53(50(37)44)45-19-9-7-15-40(45)41-16-8-10-20-46(41)53/h3-30,32H,2,31H2,1H3. The summed E-state index contributed by atoms with van der Waals surface area (Å²) in [6.45, 7) is 3.17. The molecule has 2 nitrogen and oxygen atoms in total. The van der Waals surface area contributed by atoms with Gasteiger partial charge >= 0.3 is 0 Å². The second-order valence-electron chi connectivity index (χ2n) is 15.3. The molecule has 0 aliphatic heterocycles. The number of hydrogen-bond donors (Lipinski definition) is 0. The Kier molecular flexibility index (Phi) is 6.34. The molecule has 1 spiro atoms. The molecule has 1 aromatic heterocycles. The molecule has 0 unspecified atom stereocenters. The van der Waals surface area contributed by atoms with Crippen LogP contribution in [-0.2, 0) is 12.0 Å². The van der Waals surface area contributed by atoms with Crippen LogP contribution in [0, 0.1) is 0 Å². The molecule has 0 amide bonds. The number of rotatable bonds is 4. The highest BCUT2D eigenvalue weighted by Gasteiger charge is 2.53. The normalized spacial score (nSPS) is 13.5. The number of hydrogen-bond acceptors (Lipinski definition) is 1. The fourth-order valence-electron chi connectivity index (χ4n) is 10.4. The number of fused-ring (bicyclic) bond motifs is 18. The van der Waals surface area contributed by atoms with Crippen molar-refractivity contribution >= 4 is 43.4 Å². The minimum Gasteiger partial charge on any atom is -0.324 e. The SMILES string of the molecule is CCCn1c(-c2ccc(-c3ccc4c5c(ccc4c3)-c3c(c4ccccc4c4ccccc34)C53c4ccccc4-c4ccccc43)cc2)nc2ccccc21. The first-order valence-corrected chi connectivity index (χ1v) is 19.5. The zero-order valence-electron chi connectivity index (χ0n) is 30.6. The van der Waals surface area contributed by atoms with E-state index in [0.717, 1.165) is 29.9 Å². The number of para-hydroxylation sites is 2. The van der Waals surface area contributed by atoms with Crippen molar-refractivity contribution in [3.8, 4) is 44.8 Å². The molecule has 0 radical (unpaired) electrons. The molecular formula is C53H36N2. The molecule has 0 N–H and O–H groups in total. The first kappa shape index (κ1) is 30.7. The van der Waals surface area contributed by atoms with Crippen LogP contribution in [0.2, 0.25) is 0 Å². The van der Waals surface area contributed by atoms with E-state index in [1.54, 1.807) is 0 Å². The minimum atomic E-state index is -0.464. The molecule has 2 aliphatic rings. The maximum absolute atomic E-state index is 5.06. The molecule has 55 heavy (non-hydrogen) atoms. The van der Waals surface area contributed by atoms with Crippen LogP contribution in [0.1, 0.15) is 35.6 Å². The monoisotopic (exact) mass is 700 g/mol. The molecule has 258 valence electrons. The highest BCUT2D eigenvalue weighted by molar-refractivity contribution is 6.21. The molecule has 12 rings (SSSR count). The van der Waals surface area contributed by atoms with Crippen LogP contribution in [0.5, 0.6) is 0 Å². The van der Waals surface area contributed by atoms with E-state index in [1.165, 1.54) is 93.5 Å². The largest absolute Gasteiger partial charge is 0.324 e. The highest BCUT2D eigenvalue weighted by Crippen LogP contribution is 2.66. The van der Waals surface area contributed by atoms with Gasteiger partial charge in [0.05, 0.1) is 16.4 Å². The summed E-state index contributed by atoms with van der Waals surface area (Å²) in [7, 11) is 0. The van der Waals surface area contributed by atoms with Gasteiger partial charge in [-0.2, -0.15) is 0 Å². The maximum Gasteiger partial charge on any atom is 0.141 e. The van der Waals surface area contributed by atoms with Crippen LogP contribution >= 0.6 is 0 Å². The maximum atomic E-state index is 5.06. The average Bonchev–Trinajstić information content (AvgIpc) is 3.88. The summed E-state index contributed by atoms with van der Waals surface area (Å²) < 4.78 is 2.36. The molecule has 0 saturated carbocycles. The Balaban J connectivity index is 1.10. The van der Waals surface area contributed by atoms with E-state index < -0.39 is 5.41 Å². The number of benzene rings is 9. The molecule has 0 fully saturated rings. The Morgan fingerprint density at radius 3 is 1.82 bits per heavy atom. The molecule has 0 saturated heterocycles. The van der Waals surface area contributed by atoms with E-state index in [1.807, 2.05) is 0 Å². The van der Waals surface area contributed by atoms with Gasteiger partial charge in [-0.15, -0.1) is 0 Å². The zero-order valence-corrected chi connectivity index (χ0v) is 30.6. The van der Waals surface area contributed by atoms with E-state index in [-0.39, 0.29) is 0 Å². The van der Waals surface area contributed by atoms with Crippen LogP contribution in [0.4, 0.5) is 0 Å². The van der Waals surface area contributed by atoms with Crippen LogP contribution in [0.15, 0.2) is 176 Å². The van der Waals surface area contributed by atoms with Crippen molar-refractivity contribution in [3.63, 3.8) is 0 Å². The van der Waals surface area contributed by atoms with Gasteiger partial charge < -0.3 is 4.57 Å². The van der Waals surface area contributed by atoms with Crippen LogP contribution in [0.25, 0.3) is 88.1 Å². The van der Waals surface area contributed by atoms with Gasteiger partial charge in [0.2, 0.25) is 0 Å². The highest BCUT2D eigenvalue weighted by atomic mass is 15.1. The number of aryl methyl sites for hydroxylation is 1. The van der Waals surface area contributed by atoms with Crippen molar-refractivity contribution in [2.45, 2.75) is 25.3 Å². The summed E-state index contributed by atoms with van der Waals surface area (Å²) in [4.78, 5) is 5.06. The second-order valence-corrected chi connectivity index (χ2v) is 15.3. The van der Waals surface area contributed by atoms with Gasteiger partial charge in [0, 0.05) is 12.1 Å². The Labute approximate surface area is 320 Å². The average molecular weight is 701 g/mol. The molecular weight excluding hydrogens is 665 g/mol. The Hall–Kier alpha value is -6.77. The van der Waals surface area contributed by atoms with Crippen LogP contribution in [0.3, 0.4) is 0 Å². The fraction of sp³-hybridized carbons (Fsp3) is 0.0755. The predicted molar refractivity (Wildman–Crippen MR) is 230 cm³/mol. The molecule has 1 heterocycles. The van der Waals surface area contributed by atoms with Gasteiger partial charge in [0.15, 0.2) is 0 Å². The van der Waals surface area contributed by atoms with Crippen molar-refractivity contribution < 1.29 is 0 Å². The van der Waals surface area contributed by atoms with Gasteiger partial charge in [0.25, 0.3) is 0 Å². The third-order valence-corrected chi connectivity index (χ3v) is 12.5. The molecule has 0 atom stereocenters. The Morgan fingerprint density at radius 1 is 0.473 bits per heavy atom. The van der Waals surface area contributed by atoms with Gasteiger partial charge in [-0.05, 0) is 113 Å². The third kappa shape index (κ3) is 4.01. The summed E-state index contributed by atoms with van der Waals surface area (Å²) in [6, 6.07) is 65.8. The summed E-state index contributed by atoms with van der Waals surface area (Å²) in [5.74, 6) is 1.03. The lowest BCUT2D eigenvalue weighted by Gasteiger charge is -2.32. The lowest BCUT2D eigenvalue weighted by atomic mass is 9.68. The van der Waals surface area contributed by atoms with Crippen LogP contribution in [-0.4, -0.2) is 9.55 Å². The topological polar surface area (TPSA) is 17.8 Å². The lowest BCUT2D eigenvalue weighted by Crippen LogP contribution is -2.26. The van der Waals surface area contributed by atoms with Crippen molar-refractivity contribution in [1.29, 1.82) is 0 Å². The van der Waals surface area contributed by atoms with E-state index >= 15 is 0 Å². The van der Waals surface area contributed by atoms with Gasteiger partial charge in [-0.3, -0.25) is 0 Å². The zero-order chi connectivity index (χ0) is 36.3. The van der Waals surface area contributed by atoms with Crippen molar-refractivity contribution in [2.75, 3.05) is 0 Å². The Morgan fingerprint density at radius 2 is 1.07 bits per heavy atom. The predicted octanol–water partition coefficient (Wildman–Crippen LogP) is 13.6. The number of nitrogens with zero attached hydrogens (tertiary/aromatic N) is 2. The number of imidazole rings is 1. The molecule has 2 aliphatic carbocycles. The van der Waals surface area contributed by atoms with Crippen molar-refractivity contribution in [3.05, 3.63) is 198 Å². The fourth-order valence-corrected chi connectivity index (χ4v) is 10.4. The summed E-state index contributed by atoms with van der Waals surface area (Å²) >= 11 is 0. The molecule has 9 aromatic carbocycles. The van der Waals surface area contributed by atoms with E-state index in [2.05, 4.69) is 187 Å². The molecule has 10 aromatic rings. The third-order valence-electron chi connectivity index (χ3n) is 12.5. The minimum absolute atomic E-state index is 0.464. The van der Waals surface area contributed by atoms with Gasteiger partial charge in [-0.1, -0.05) is 165 Å². The van der Waals surface area contributed by atoms with Crippen molar-refractivity contribution in [2.24, 2.45) is 0 Å². The van der Waals surface area contributed by atoms with E-state index in [4.69, 9.17) is 4.98 Å². The lowest BCUT2D eigenvalue weighted by molar-refractivity contribution is 0.704. The van der Waals surface area contributed by atoms with Gasteiger partial charge in [0.1, 0.15) is 5.82 Å². The molecule has 2 heteroatoms. The van der Waals surface area contributed by atoms with Crippen molar-refractivity contribution in [1.82, 2.24) is 9.55 Å². The van der Waals surface area contributed by atoms with E-state index in [9.17, 15) is 0 Å². The van der Waals surface area contributed by atoms with Gasteiger partial charge in [-0.25, -0.2) is 4.98 Å². The summed E-state index contributed by atoms with van der Waals surface area (Å²) in [5, 5.41) is 7.83. The smallest absolute Gasteiger partial charge is 0.141 e. The Bertz CT molecular complexity index is 3170. The first-order valence-electron chi connectivity index (χ1n) is 19.5. The molecule has 0 bridgehead atoms. The summed E-state index contributed by atoms with van der Waals surface area (Å²) in [6.07, 6.45) is 1.06.